The lowest BCUT2D eigenvalue weighted by Gasteiger charge is -2.14. The highest BCUT2D eigenvalue weighted by Crippen LogP contribution is 2.37. The fraction of sp³-hybridized carbons (Fsp3) is 0. The van der Waals surface area contributed by atoms with Crippen molar-refractivity contribution in [1.29, 1.82) is 0 Å². The highest BCUT2D eigenvalue weighted by Gasteiger charge is 2.31. The van der Waals surface area contributed by atoms with Crippen molar-refractivity contribution in [2.24, 2.45) is 0 Å². The zero-order chi connectivity index (χ0) is 31.6. The minimum Gasteiger partial charge on any atom is -0.228 e. The van der Waals surface area contributed by atoms with Crippen LogP contribution in [0.25, 0.3) is 67.8 Å². The molecule has 0 unspecified atom stereocenters. The van der Waals surface area contributed by atoms with Crippen LogP contribution in [0.1, 0.15) is 0 Å². The molecule has 0 fully saturated rings. The molecule has 0 spiro atoms. The molecule has 0 saturated carbocycles. The maximum atomic E-state index is 16.1. The van der Waals surface area contributed by atoms with Crippen LogP contribution in [0.4, 0.5) is 17.6 Å². The van der Waals surface area contributed by atoms with Gasteiger partial charge in [0.15, 0.2) is 34.9 Å². The quantitative estimate of drug-likeness (QED) is 0.139. The lowest BCUT2D eigenvalue weighted by atomic mass is 10.0. The summed E-state index contributed by atoms with van der Waals surface area (Å²) in [5.74, 6) is -7.66. The number of aromatic nitrogens is 4. The number of hydrogen-bond acceptors (Lipinski definition) is 4. The molecule has 0 amide bonds. The average molecular weight is 611 g/mol. The van der Waals surface area contributed by atoms with Gasteiger partial charge >= 0.3 is 0 Å². The molecule has 2 heterocycles. The van der Waals surface area contributed by atoms with Gasteiger partial charge in [-0.2, -0.15) is 0 Å². The van der Waals surface area contributed by atoms with E-state index < -0.39 is 46.0 Å². The van der Waals surface area contributed by atoms with E-state index in [1.807, 2.05) is 24.3 Å². The van der Waals surface area contributed by atoms with Gasteiger partial charge in [0.05, 0.1) is 33.9 Å². The van der Waals surface area contributed by atoms with Gasteiger partial charge < -0.3 is 0 Å². The van der Waals surface area contributed by atoms with Gasteiger partial charge in [-0.25, -0.2) is 37.5 Å². The molecular formula is C38H22F4N4. The summed E-state index contributed by atoms with van der Waals surface area (Å²) in [6.45, 7) is 0. The number of nitrogens with zero attached hydrogens (tertiary/aromatic N) is 4. The molecule has 222 valence electrons. The average Bonchev–Trinajstić information content (AvgIpc) is 3.12. The standard InChI is InChI=1S/C38H22F4N4/c39-33-31(37-43-27(23-13-5-1-6-14-23)21-28(44-37)24-15-7-2-8-16-24)34(40)36(42)32(35(33)41)38-45-29(25-17-9-3-10-18-25)22-30(46-38)26-19-11-4-12-20-26/h1-22H. The van der Waals surface area contributed by atoms with Crippen molar-refractivity contribution in [3.63, 3.8) is 0 Å². The van der Waals surface area contributed by atoms with E-state index in [1.54, 1.807) is 109 Å². The van der Waals surface area contributed by atoms with Gasteiger partial charge in [0.2, 0.25) is 0 Å². The van der Waals surface area contributed by atoms with E-state index in [0.717, 1.165) is 0 Å². The predicted molar refractivity (Wildman–Crippen MR) is 170 cm³/mol. The zero-order valence-electron chi connectivity index (χ0n) is 24.0. The first-order valence-corrected chi connectivity index (χ1v) is 14.3. The van der Waals surface area contributed by atoms with Gasteiger partial charge in [0.25, 0.3) is 0 Å². The molecule has 7 rings (SSSR count). The largest absolute Gasteiger partial charge is 0.228 e. The molecular weight excluding hydrogens is 588 g/mol. The Bertz CT molecular complexity index is 1880. The first-order chi connectivity index (χ1) is 22.5. The summed E-state index contributed by atoms with van der Waals surface area (Å²) in [6.07, 6.45) is 0. The van der Waals surface area contributed by atoms with Crippen LogP contribution in [0.3, 0.4) is 0 Å². The zero-order valence-corrected chi connectivity index (χ0v) is 24.0. The number of hydrogen-bond donors (Lipinski definition) is 0. The summed E-state index contributed by atoms with van der Waals surface area (Å²) in [5.41, 5.74) is 1.72. The molecule has 0 atom stereocenters. The Morgan fingerprint density at radius 3 is 0.739 bits per heavy atom. The molecule has 4 nitrogen and oxygen atoms in total. The van der Waals surface area contributed by atoms with Crippen LogP contribution in [-0.2, 0) is 0 Å². The van der Waals surface area contributed by atoms with Gasteiger partial charge in [-0.15, -0.1) is 0 Å². The van der Waals surface area contributed by atoms with Gasteiger partial charge in [-0.1, -0.05) is 121 Å². The SMILES string of the molecule is Fc1c(F)c(-c2nc(-c3ccccc3)cc(-c3ccccc3)n2)c(F)c(F)c1-c1nc(-c2ccccc2)cc(-c2ccccc2)n1. The summed E-state index contributed by atoms with van der Waals surface area (Å²) in [6, 6.07) is 38.9. The maximum absolute atomic E-state index is 16.1. The lowest BCUT2D eigenvalue weighted by Crippen LogP contribution is -2.08. The van der Waals surface area contributed by atoms with Crippen molar-refractivity contribution >= 4 is 0 Å². The van der Waals surface area contributed by atoms with E-state index in [9.17, 15) is 0 Å². The van der Waals surface area contributed by atoms with Crippen molar-refractivity contribution < 1.29 is 17.6 Å². The number of halogens is 4. The molecule has 0 aliphatic carbocycles. The van der Waals surface area contributed by atoms with E-state index in [-0.39, 0.29) is 0 Å². The molecule has 46 heavy (non-hydrogen) atoms. The number of rotatable bonds is 6. The first kappa shape index (κ1) is 28.7. The van der Waals surface area contributed by atoms with E-state index in [2.05, 4.69) is 19.9 Å². The third-order valence-electron chi connectivity index (χ3n) is 7.44. The third kappa shape index (κ3) is 5.41. The fourth-order valence-electron chi connectivity index (χ4n) is 5.17. The summed E-state index contributed by atoms with van der Waals surface area (Å²) >= 11 is 0. The second-order valence-electron chi connectivity index (χ2n) is 10.4. The van der Waals surface area contributed by atoms with Crippen molar-refractivity contribution in [1.82, 2.24) is 19.9 Å². The molecule has 0 aliphatic heterocycles. The van der Waals surface area contributed by atoms with E-state index in [1.165, 1.54) is 0 Å². The smallest absolute Gasteiger partial charge is 0.173 e. The van der Waals surface area contributed by atoms with Crippen LogP contribution < -0.4 is 0 Å². The van der Waals surface area contributed by atoms with Gasteiger partial charge in [0, 0.05) is 22.3 Å². The molecule has 0 bridgehead atoms. The van der Waals surface area contributed by atoms with Crippen LogP contribution in [0, 0.1) is 23.3 Å². The highest BCUT2D eigenvalue weighted by atomic mass is 19.2. The molecule has 0 aliphatic rings. The Labute approximate surface area is 261 Å². The molecule has 7 aromatic rings. The molecule has 0 radical (unpaired) electrons. The fourth-order valence-corrected chi connectivity index (χ4v) is 5.17. The van der Waals surface area contributed by atoms with E-state index in [4.69, 9.17) is 0 Å². The summed E-state index contributed by atoms with van der Waals surface area (Å²) < 4.78 is 64.3. The van der Waals surface area contributed by atoms with Gasteiger partial charge in [0.1, 0.15) is 0 Å². The summed E-state index contributed by atoms with van der Waals surface area (Å²) in [4.78, 5) is 17.4. The lowest BCUT2D eigenvalue weighted by molar-refractivity contribution is 0.461. The van der Waals surface area contributed by atoms with Gasteiger partial charge in [-0.05, 0) is 12.1 Å². The first-order valence-electron chi connectivity index (χ1n) is 14.3. The van der Waals surface area contributed by atoms with Crippen molar-refractivity contribution in [3.05, 3.63) is 157 Å². The molecule has 5 aromatic carbocycles. The van der Waals surface area contributed by atoms with Crippen molar-refractivity contribution in [3.8, 4) is 67.8 Å². The Hall–Kier alpha value is -6.02. The van der Waals surface area contributed by atoms with Crippen molar-refractivity contribution in [2.45, 2.75) is 0 Å². The van der Waals surface area contributed by atoms with E-state index >= 15 is 17.6 Å². The Balaban J connectivity index is 1.44. The number of benzene rings is 5. The van der Waals surface area contributed by atoms with Crippen molar-refractivity contribution in [2.75, 3.05) is 0 Å². The summed E-state index contributed by atoms with van der Waals surface area (Å²) in [5, 5.41) is 0. The van der Waals surface area contributed by atoms with Gasteiger partial charge in [-0.3, -0.25) is 0 Å². The monoisotopic (exact) mass is 610 g/mol. The Morgan fingerprint density at radius 1 is 0.304 bits per heavy atom. The Kier molecular flexibility index (Phi) is 7.60. The van der Waals surface area contributed by atoms with Crippen LogP contribution >= 0.6 is 0 Å². The molecule has 0 N–H and O–H groups in total. The van der Waals surface area contributed by atoms with Crippen LogP contribution in [0.2, 0.25) is 0 Å². The minimum absolute atomic E-state index is 0.319. The van der Waals surface area contributed by atoms with Crippen LogP contribution in [-0.4, -0.2) is 19.9 Å². The second kappa shape index (κ2) is 12.2. The predicted octanol–water partition coefficient (Wildman–Crippen LogP) is 9.82. The molecule has 0 saturated heterocycles. The van der Waals surface area contributed by atoms with E-state index in [0.29, 0.717) is 45.0 Å². The maximum Gasteiger partial charge on any atom is 0.173 e. The topological polar surface area (TPSA) is 51.6 Å². The second-order valence-corrected chi connectivity index (χ2v) is 10.4. The molecule has 2 aromatic heterocycles. The minimum atomic E-state index is -1.66. The van der Waals surface area contributed by atoms with Crippen LogP contribution in [0.5, 0.6) is 0 Å². The molecule has 8 heteroatoms. The summed E-state index contributed by atoms with van der Waals surface area (Å²) in [7, 11) is 0. The normalized spacial score (nSPS) is 11.0. The highest BCUT2D eigenvalue weighted by molar-refractivity contribution is 5.76. The Morgan fingerprint density at radius 2 is 0.522 bits per heavy atom. The van der Waals surface area contributed by atoms with Crippen LogP contribution in [0.15, 0.2) is 133 Å². The third-order valence-corrected chi connectivity index (χ3v) is 7.44.